The maximum Gasteiger partial charge on any atom is 0.132 e. The van der Waals surface area contributed by atoms with Crippen LogP contribution in [-0.2, 0) is 6.42 Å². The fourth-order valence-corrected chi connectivity index (χ4v) is 1.08. The van der Waals surface area contributed by atoms with Crippen LogP contribution in [0.5, 0.6) is 0 Å². The number of hydrogen-bond donors (Lipinski definition) is 1. The van der Waals surface area contributed by atoms with E-state index in [9.17, 15) is 0 Å². The van der Waals surface area contributed by atoms with Gasteiger partial charge in [-0.2, -0.15) is 0 Å². The van der Waals surface area contributed by atoms with Gasteiger partial charge in [0.1, 0.15) is 11.6 Å². The fourth-order valence-electron chi connectivity index (χ4n) is 1.08. The van der Waals surface area contributed by atoms with Gasteiger partial charge in [0.15, 0.2) is 0 Å². The molecule has 0 atom stereocenters. The van der Waals surface area contributed by atoms with E-state index in [0.29, 0.717) is 6.54 Å². The van der Waals surface area contributed by atoms with Crippen LogP contribution in [0.4, 0.5) is 5.82 Å². The van der Waals surface area contributed by atoms with Gasteiger partial charge in [0, 0.05) is 32.8 Å². The van der Waals surface area contributed by atoms with E-state index in [1.54, 1.807) is 6.20 Å². The largest absolute Gasteiger partial charge is 0.358 e. The Morgan fingerprint density at radius 3 is 2.92 bits per heavy atom. The number of aromatic nitrogens is 2. The molecule has 0 spiro atoms. The summed E-state index contributed by atoms with van der Waals surface area (Å²) in [5, 5.41) is 0. The quantitative estimate of drug-likeness (QED) is 0.730. The first-order chi connectivity index (χ1) is 6.27. The van der Waals surface area contributed by atoms with Crippen molar-refractivity contribution in [1.29, 1.82) is 0 Å². The first-order valence-corrected chi connectivity index (χ1v) is 4.51. The van der Waals surface area contributed by atoms with Crippen molar-refractivity contribution < 1.29 is 0 Å². The number of hydrogen-bond acceptors (Lipinski definition) is 4. The minimum Gasteiger partial charge on any atom is -0.358 e. The van der Waals surface area contributed by atoms with E-state index in [2.05, 4.69) is 9.97 Å². The third-order valence-corrected chi connectivity index (χ3v) is 1.86. The van der Waals surface area contributed by atoms with Gasteiger partial charge < -0.3 is 10.6 Å². The van der Waals surface area contributed by atoms with Gasteiger partial charge in [-0.3, -0.25) is 0 Å². The SMILES string of the molecule is CCc1nccc(N(C)CCN)n1. The summed E-state index contributed by atoms with van der Waals surface area (Å²) in [6.45, 7) is 3.50. The van der Waals surface area contributed by atoms with Crippen molar-refractivity contribution in [3.05, 3.63) is 18.1 Å². The third-order valence-electron chi connectivity index (χ3n) is 1.86. The first-order valence-electron chi connectivity index (χ1n) is 4.51. The summed E-state index contributed by atoms with van der Waals surface area (Å²) in [4.78, 5) is 10.5. The van der Waals surface area contributed by atoms with Gasteiger partial charge in [0.05, 0.1) is 0 Å². The van der Waals surface area contributed by atoms with Gasteiger partial charge in [0.25, 0.3) is 0 Å². The highest BCUT2D eigenvalue weighted by Crippen LogP contribution is 2.06. The Morgan fingerprint density at radius 1 is 1.54 bits per heavy atom. The Morgan fingerprint density at radius 2 is 2.31 bits per heavy atom. The average molecular weight is 180 g/mol. The maximum absolute atomic E-state index is 5.45. The van der Waals surface area contributed by atoms with Crippen molar-refractivity contribution in [3.63, 3.8) is 0 Å². The summed E-state index contributed by atoms with van der Waals surface area (Å²) in [7, 11) is 1.98. The second-order valence-electron chi connectivity index (χ2n) is 2.89. The molecule has 1 heterocycles. The van der Waals surface area contributed by atoms with Crippen LogP contribution >= 0.6 is 0 Å². The summed E-state index contributed by atoms with van der Waals surface area (Å²) in [6.07, 6.45) is 2.65. The maximum atomic E-state index is 5.45. The van der Waals surface area contributed by atoms with Gasteiger partial charge >= 0.3 is 0 Å². The summed E-state index contributed by atoms with van der Waals surface area (Å²) in [6, 6.07) is 1.90. The Kier molecular flexibility index (Phi) is 3.64. The van der Waals surface area contributed by atoms with E-state index in [4.69, 9.17) is 5.73 Å². The Hall–Kier alpha value is -1.16. The second-order valence-corrected chi connectivity index (χ2v) is 2.89. The highest BCUT2D eigenvalue weighted by molar-refractivity contribution is 5.36. The van der Waals surface area contributed by atoms with Crippen LogP contribution in [0.1, 0.15) is 12.7 Å². The molecule has 0 fully saturated rings. The molecule has 0 unspecified atom stereocenters. The van der Waals surface area contributed by atoms with E-state index < -0.39 is 0 Å². The van der Waals surface area contributed by atoms with Crippen molar-refractivity contribution in [3.8, 4) is 0 Å². The molecular formula is C9H16N4. The molecule has 0 aliphatic heterocycles. The zero-order valence-electron chi connectivity index (χ0n) is 8.20. The van der Waals surface area contributed by atoms with Crippen LogP contribution in [0.25, 0.3) is 0 Å². The zero-order chi connectivity index (χ0) is 9.68. The number of anilines is 1. The predicted molar refractivity (Wildman–Crippen MR) is 53.7 cm³/mol. The highest BCUT2D eigenvalue weighted by Gasteiger charge is 2.01. The molecule has 1 rings (SSSR count). The molecule has 0 aliphatic carbocycles. The van der Waals surface area contributed by atoms with Crippen molar-refractivity contribution >= 4 is 5.82 Å². The van der Waals surface area contributed by atoms with E-state index in [-0.39, 0.29) is 0 Å². The summed E-state index contributed by atoms with van der Waals surface area (Å²) < 4.78 is 0. The molecule has 2 N–H and O–H groups in total. The normalized spacial score (nSPS) is 10.1. The minimum atomic E-state index is 0.641. The molecule has 72 valence electrons. The van der Waals surface area contributed by atoms with Crippen LogP contribution in [0.3, 0.4) is 0 Å². The van der Waals surface area contributed by atoms with E-state index in [1.807, 2.05) is 24.9 Å². The third kappa shape index (κ3) is 2.66. The van der Waals surface area contributed by atoms with Crippen LogP contribution in [0.15, 0.2) is 12.3 Å². The van der Waals surface area contributed by atoms with Gasteiger partial charge in [-0.25, -0.2) is 9.97 Å². The fraction of sp³-hybridized carbons (Fsp3) is 0.556. The lowest BCUT2D eigenvalue weighted by Gasteiger charge is -2.16. The van der Waals surface area contributed by atoms with Crippen molar-refractivity contribution in [1.82, 2.24) is 9.97 Å². The molecule has 1 aromatic rings. The number of nitrogens with two attached hydrogens (primary N) is 1. The molecule has 4 heteroatoms. The summed E-state index contributed by atoms with van der Waals surface area (Å²) in [5.74, 6) is 1.82. The average Bonchev–Trinajstić information content (AvgIpc) is 2.18. The van der Waals surface area contributed by atoms with Crippen LogP contribution in [0.2, 0.25) is 0 Å². The molecule has 0 radical (unpaired) electrons. The molecule has 4 nitrogen and oxygen atoms in total. The van der Waals surface area contributed by atoms with E-state index in [1.165, 1.54) is 0 Å². The van der Waals surface area contributed by atoms with Gasteiger partial charge in [-0.15, -0.1) is 0 Å². The summed E-state index contributed by atoms with van der Waals surface area (Å²) in [5.41, 5.74) is 5.45. The Balaban J connectivity index is 2.75. The smallest absolute Gasteiger partial charge is 0.132 e. The predicted octanol–water partition coefficient (Wildman–Crippen LogP) is 0.434. The van der Waals surface area contributed by atoms with E-state index >= 15 is 0 Å². The first kappa shape index (κ1) is 9.92. The number of likely N-dealkylation sites (N-methyl/N-ethyl adjacent to an activating group) is 1. The zero-order valence-corrected chi connectivity index (χ0v) is 8.20. The monoisotopic (exact) mass is 180 g/mol. The molecule has 0 saturated carbocycles. The molecule has 0 aromatic carbocycles. The lowest BCUT2D eigenvalue weighted by molar-refractivity contribution is 0.843. The van der Waals surface area contributed by atoms with E-state index in [0.717, 1.165) is 24.6 Å². The molecule has 0 saturated heterocycles. The Labute approximate surface area is 78.8 Å². The van der Waals surface area contributed by atoms with Crippen molar-refractivity contribution in [2.24, 2.45) is 5.73 Å². The molecular weight excluding hydrogens is 164 g/mol. The molecule has 13 heavy (non-hydrogen) atoms. The van der Waals surface area contributed by atoms with Crippen LogP contribution in [0, 0.1) is 0 Å². The standard InChI is InChI=1S/C9H16N4/c1-3-8-11-6-4-9(12-8)13(2)7-5-10/h4,6H,3,5,7,10H2,1-2H3. The number of nitrogens with zero attached hydrogens (tertiary/aromatic N) is 3. The van der Waals surface area contributed by atoms with Crippen LogP contribution < -0.4 is 10.6 Å². The van der Waals surface area contributed by atoms with Gasteiger partial charge in [0.2, 0.25) is 0 Å². The molecule has 0 bridgehead atoms. The lowest BCUT2D eigenvalue weighted by Crippen LogP contribution is -2.26. The molecule has 0 amide bonds. The van der Waals surface area contributed by atoms with Crippen molar-refractivity contribution in [2.75, 3.05) is 25.0 Å². The molecule has 0 aliphatic rings. The van der Waals surface area contributed by atoms with Crippen LogP contribution in [-0.4, -0.2) is 30.1 Å². The van der Waals surface area contributed by atoms with Crippen molar-refractivity contribution in [2.45, 2.75) is 13.3 Å². The lowest BCUT2D eigenvalue weighted by atomic mass is 10.4. The topological polar surface area (TPSA) is 55.0 Å². The second kappa shape index (κ2) is 4.77. The minimum absolute atomic E-state index is 0.641. The summed E-state index contributed by atoms with van der Waals surface area (Å²) >= 11 is 0. The van der Waals surface area contributed by atoms with Gasteiger partial charge in [-0.1, -0.05) is 6.92 Å². The highest BCUT2D eigenvalue weighted by atomic mass is 15.2. The molecule has 1 aromatic heterocycles. The number of aryl methyl sites for hydroxylation is 1. The van der Waals surface area contributed by atoms with Gasteiger partial charge in [-0.05, 0) is 6.07 Å². The number of rotatable bonds is 4. The Bertz CT molecular complexity index is 262.